The molecule has 0 aromatic carbocycles. The van der Waals surface area contributed by atoms with Crippen LogP contribution in [0.25, 0.3) is 0 Å². The first-order valence-electron chi connectivity index (χ1n) is 5.02. The van der Waals surface area contributed by atoms with E-state index in [1.54, 1.807) is 21.0 Å². The minimum atomic E-state index is -0.748. The molecule has 0 saturated carbocycles. The molecule has 1 heterocycles. The van der Waals surface area contributed by atoms with E-state index in [2.05, 4.69) is 0 Å². The number of hydrogen-bond donors (Lipinski definition) is 1. The molecule has 2 N–H and O–H groups in total. The maximum Gasteiger partial charge on any atom is 0.242 e. The summed E-state index contributed by atoms with van der Waals surface area (Å²) in [5.74, 6) is 0.516. The van der Waals surface area contributed by atoms with E-state index < -0.39 is 5.54 Å². The lowest BCUT2D eigenvalue weighted by Gasteiger charge is -2.25. The third kappa shape index (κ3) is 2.69. The lowest BCUT2D eigenvalue weighted by molar-refractivity contribution is -0.134. The maximum atomic E-state index is 11.8. The van der Waals surface area contributed by atoms with Gasteiger partial charge in [-0.2, -0.15) is 0 Å². The number of amides is 1. The summed E-state index contributed by atoms with van der Waals surface area (Å²) in [5, 5.41) is 0. The number of rotatable bonds is 3. The molecule has 0 aromatic heterocycles. The number of methoxy groups -OCH3 is 1. The van der Waals surface area contributed by atoms with Crippen LogP contribution >= 0.6 is 0 Å². The fourth-order valence-corrected chi connectivity index (χ4v) is 1.80. The summed E-state index contributed by atoms with van der Waals surface area (Å²) in [5.41, 5.74) is 5.01. The van der Waals surface area contributed by atoms with Crippen LogP contribution in [-0.4, -0.2) is 43.2 Å². The van der Waals surface area contributed by atoms with E-state index in [9.17, 15) is 4.79 Å². The van der Waals surface area contributed by atoms with Crippen LogP contribution in [0.1, 0.15) is 20.3 Å². The molecular weight excluding hydrogens is 180 g/mol. The second-order valence-corrected chi connectivity index (χ2v) is 4.58. The van der Waals surface area contributed by atoms with Crippen LogP contribution in [0.3, 0.4) is 0 Å². The first-order valence-corrected chi connectivity index (χ1v) is 5.02. The molecule has 4 nitrogen and oxygen atoms in total. The summed E-state index contributed by atoms with van der Waals surface area (Å²) >= 11 is 0. The highest BCUT2D eigenvalue weighted by Gasteiger charge is 2.32. The Morgan fingerprint density at radius 3 is 2.79 bits per heavy atom. The first kappa shape index (κ1) is 11.5. The first-order chi connectivity index (χ1) is 6.45. The van der Waals surface area contributed by atoms with Gasteiger partial charge in [-0.05, 0) is 20.3 Å². The van der Waals surface area contributed by atoms with Gasteiger partial charge < -0.3 is 15.4 Å². The second-order valence-electron chi connectivity index (χ2n) is 4.58. The third-order valence-corrected chi connectivity index (χ3v) is 2.53. The zero-order valence-corrected chi connectivity index (χ0v) is 9.25. The third-order valence-electron chi connectivity index (χ3n) is 2.53. The summed E-state index contributed by atoms with van der Waals surface area (Å²) in [6.45, 7) is 5.83. The van der Waals surface area contributed by atoms with Gasteiger partial charge in [-0.3, -0.25) is 4.79 Å². The molecule has 82 valence electrons. The Balaban J connectivity index is 2.46. The van der Waals surface area contributed by atoms with E-state index in [4.69, 9.17) is 10.5 Å². The van der Waals surface area contributed by atoms with Crippen molar-refractivity contribution in [3.63, 3.8) is 0 Å². The van der Waals surface area contributed by atoms with Gasteiger partial charge >= 0.3 is 0 Å². The summed E-state index contributed by atoms with van der Waals surface area (Å²) in [6.07, 6.45) is 1.02. The van der Waals surface area contributed by atoms with Crippen molar-refractivity contribution in [2.45, 2.75) is 25.8 Å². The molecule has 0 aliphatic carbocycles. The van der Waals surface area contributed by atoms with Gasteiger partial charge in [-0.15, -0.1) is 0 Å². The van der Waals surface area contributed by atoms with E-state index in [-0.39, 0.29) is 5.91 Å². The molecule has 0 aromatic rings. The molecule has 0 spiro atoms. The van der Waals surface area contributed by atoms with E-state index in [0.29, 0.717) is 5.92 Å². The molecule has 4 heteroatoms. The standard InChI is InChI=1S/C10H20N2O2/c1-10(2,11)9(13)12-5-4-8(6-12)7-14-3/h8H,4-7,11H2,1-3H3. The van der Waals surface area contributed by atoms with E-state index >= 15 is 0 Å². The van der Waals surface area contributed by atoms with Gasteiger partial charge in [0.25, 0.3) is 0 Å². The molecule has 14 heavy (non-hydrogen) atoms. The summed E-state index contributed by atoms with van der Waals surface area (Å²) < 4.78 is 5.07. The minimum absolute atomic E-state index is 0.0381. The SMILES string of the molecule is COCC1CCN(C(=O)C(C)(C)N)C1. The van der Waals surface area contributed by atoms with Crippen molar-refractivity contribution in [3.8, 4) is 0 Å². The Kier molecular flexibility index (Phi) is 3.50. The van der Waals surface area contributed by atoms with Gasteiger partial charge in [0.15, 0.2) is 0 Å². The lowest BCUT2D eigenvalue weighted by Crippen LogP contribution is -2.50. The van der Waals surface area contributed by atoms with Gasteiger partial charge in [0, 0.05) is 26.1 Å². The molecule has 0 bridgehead atoms. The fraction of sp³-hybridized carbons (Fsp3) is 0.900. The number of hydrogen-bond acceptors (Lipinski definition) is 3. The molecule has 0 radical (unpaired) electrons. The van der Waals surface area contributed by atoms with Gasteiger partial charge in [0.2, 0.25) is 5.91 Å². The number of carbonyl (C=O) groups excluding carboxylic acids is 1. The smallest absolute Gasteiger partial charge is 0.242 e. The van der Waals surface area contributed by atoms with Crippen molar-refractivity contribution in [2.75, 3.05) is 26.8 Å². The van der Waals surface area contributed by atoms with Crippen molar-refractivity contribution < 1.29 is 9.53 Å². The quantitative estimate of drug-likeness (QED) is 0.709. The van der Waals surface area contributed by atoms with Crippen LogP contribution in [-0.2, 0) is 9.53 Å². The zero-order valence-electron chi connectivity index (χ0n) is 9.25. The van der Waals surface area contributed by atoms with Crippen molar-refractivity contribution in [3.05, 3.63) is 0 Å². The Labute approximate surface area is 85.4 Å². The zero-order chi connectivity index (χ0) is 10.8. The van der Waals surface area contributed by atoms with Gasteiger partial charge in [-0.1, -0.05) is 0 Å². The topological polar surface area (TPSA) is 55.6 Å². The molecule has 1 unspecified atom stereocenters. The van der Waals surface area contributed by atoms with E-state index in [0.717, 1.165) is 26.1 Å². The Morgan fingerprint density at radius 2 is 2.29 bits per heavy atom. The predicted octanol–water partition coefficient (Wildman–Crippen LogP) is 0.219. The average Bonchev–Trinajstić information content (AvgIpc) is 2.50. The number of likely N-dealkylation sites (tertiary alicyclic amines) is 1. The number of nitrogens with two attached hydrogens (primary N) is 1. The van der Waals surface area contributed by atoms with Crippen LogP contribution in [0.15, 0.2) is 0 Å². The predicted molar refractivity (Wildman–Crippen MR) is 54.8 cm³/mol. The molecule has 1 saturated heterocycles. The van der Waals surface area contributed by atoms with E-state index in [1.807, 2.05) is 4.90 Å². The second kappa shape index (κ2) is 4.28. The number of carbonyl (C=O) groups is 1. The van der Waals surface area contributed by atoms with Crippen LogP contribution in [0.2, 0.25) is 0 Å². The fourth-order valence-electron chi connectivity index (χ4n) is 1.80. The molecular formula is C10H20N2O2. The average molecular weight is 200 g/mol. The van der Waals surface area contributed by atoms with Gasteiger partial charge in [0.1, 0.15) is 0 Å². The summed E-state index contributed by atoms with van der Waals surface area (Å²) in [6, 6.07) is 0. The Morgan fingerprint density at radius 1 is 1.64 bits per heavy atom. The molecule has 1 amide bonds. The van der Waals surface area contributed by atoms with Crippen LogP contribution in [0, 0.1) is 5.92 Å². The largest absolute Gasteiger partial charge is 0.384 e. The molecule has 1 atom stereocenters. The lowest BCUT2D eigenvalue weighted by atomic mass is 10.1. The van der Waals surface area contributed by atoms with Crippen LogP contribution < -0.4 is 5.73 Å². The maximum absolute atomic E-state index is 11.8. The van der Waals surface area contributed by atoms with Gasteiger partial charge in [-0.25, -0.2) is 0 Å². The molecule has 1 aliphatic rings. The molecule has 1 aliphatic heterocycles. The highest BCUT2D eigenvalue weighted by Crippen LogP contribution is 2.18. The number of ether oxygens (including phenoxy) is 1. The normalized spacial score (nSPS) is 22.9. The Bertz CT molecular complexity index is 211. The monoisotopic (exact) mass is 200 g/mol. The van der Waals surface area contributed by atoms with Crippen molar-refractivity contribution in [1.29, 1.82) is 0 Å². The van der Waals surface area contributed by atoms with E-state index in [1.165, 1.54) is 0 Å². The van der Waals surface area contributed by atoms with Crippen molar-refractivity contribution >= 4 is 5.91 Å². The Hall–Kier alpha value is -0.610. The summed E-state index contributed by atoms with van der Waals surface area (Å²) in [7, 11) is 1.69. The van der Waals surface area contributed by atoms with Crippen LogP contribution in [0.4, 0.5) is 0 Å². The molecule has 1 rings (SSSR count). The van der Waals surface area contributed by atoms with Crippen molar-refractivity contribution in [2.24, 2.45) is 11.7 Å². The highest BCUT2D eigenvalue weighted by molar-refractivity contribution is 5.85. The molecule has 1 fully saturated rings. The number of nitrogens with zero attached hydrogens (tertiary/aromatic N) is 1. The minimum Gasteiger partial charge on any atom is -0.384 e. The van der Waals surface area contributed by atoms with Gasteiger partial charge in [0.05, 0.1) is 12.1 Å². The van der Waals surface area contributed by atoms with Crippen LogP contribution in [0.5, 0.6) is 0 Å². The van der Waals surface area contributed by atoms with Crippen molar-refractivity contribution in [1.82, 2.24) is 4.90 Å². The highest BCUT2D eigenvalue weighted by atomic mass is 16.5. The summed E-state index contributed by atoms with van der Waals surface area (Å²) in [4.78, 5) is 13.6.